The average Bonchev–Trinajstić information content (AvgIpc) is 2.46. The summed E-state index contributed by atoms with van der Waals surface area (Å²) < 4.78 is 26.3. The van der Waals surface area contributed by atoms with E-state index in [2.05, 4.69) is 5.32 Å². The summed E-state index contributed by atoms with van der Waals surface area (Å²) in [4.78, 5) is 12.1. The minimum Gasteiger partial charge on any atom is -0.321 e. The second-order valence-electron chi connectivity index (χ2n) is 4.64. The molecule has 0 aliphatic carbocycles. The average molecular weight is 283 g/mol. The Hall–Kier alpha value is -2.75. The van der Waals surface area contributed by atoms with Gasteiger partial charge in [0.2, 0.25) is 0 Å². The molecule has 21 heavy (non-hydrogen) atoms. The summed E-state index contributed by atoms with van der Waals surface area (Å²) in [5.41, 5.74) is 0.545. The maximum Gasteiger partial charge on any atom is 0.255 e. The van der Waals surface area contributed by atoms with Crippen LogP contribution in [-0.2, 0) is 0 Å². The first-order chi connectivity index (χ1) is 10.1. The SMILES string of the molecule is O=C(Nc1cccc2ccccc12)c1cc(F)cc(F)c1. The summed E-state index contributed by atoms with van der Waals surface area (Å²) in [6, 6.07) is 15.8. The van der Waals surface area contributed by atoms with Crippen LogP contribution in [0.25, 0.3) is 10.8 Å². The molecule has 104 valence electrons. The van der Waals surface area contributed by atoms with Crippen molar-refractivity contribution in [1.82, 2.24) is 0 Å². The lowest BCUT2D eigenvalue weighted by Crippen LogP contribution is -2.12. The van der Waals surface area contributed by atoms with Crippen LogP contribution in [0.1, 0.15) is 10.4 Å². The normalized spacial score (nSPS) is 10.6. The third-order valence-corrected chi connectivity index (χ3v) is 3.16. The summed E-state index contributed by atoms with van der Waals surface area (Å²) in [6.45, 7) is 0. The van der Waals surface area contributed by atoms with Crippen molar-refractivity contribution >= 4 is 22.4 Å². The van der Waals surface area contributed by atoms with Crippen LogP contribution in [0.3, 0.4) is 0 Å². The van der Waals surface area contributed by atoms with Crippen LogP contribution >= 0.6 is 0 Å². The Kier molecular flexibility index (Phi) is 3.36. The van der Waals surface area contributed by atoms with Crippen LogP contribution in [0, 0.1) is 11.6 Å². The highest BCUT2D eigenvalue weighted by Crippen LogP contribution is 2.23. The van der Waals surface area contributed by atoms with Crippen molar-refractivity contribution in [3.63, 3.8) is 0 Å². The lowest BCUT2D eigenvalue weighted by molar-refractivity contribution is 0.102. The Balaban J connectivity index is 1.96. The van der Waals surface area contributed by atoms with Crippen LogP contribution in [0.4, 0.5) is 14.5 Å². The summed E-state index contributed by atoms with van der Waals surface area (Å²) in [5.74, 6) is -2.11. The van der Waals surface area contributed by atoms with Gasteiger partial charge in [-0.25, -0.2) is 8.78 Å². The first-order valence-electron chi connectivity index (χ1n) is 6.39. The summed E-state index contributed by atoms with van der Waals surface area (Å²) in [6.07, 6.45) is 0. The number of fused-ring (bicyclic) bond motifs is 1. The molecule has 2 nitrogen and oxygen atoms in total. The van der Waals surface area contributed by atoms with E-state index in [0.717, 1.165) is 29.0 Å². The number of nitrogens with one attached hydrogen (secondary N) is 1. The smallest absolute Gasteiger partial charge is 0.255 e. The Labute approximate surface area is 120 Å². The number of hydrogen-bond acceptors (Lipinski definition) is 1. The zero-order valence-electron chi connectivity index (χ0n) is 10.9. The standard InChI is InChI=1S/C17H11F2NO/c18-13-8-12(9-14(19)10-13)17(21)20-16-7-3-5-11-4-1-2-6-15(11)16/h1-10H,(H,20,21). The van der Waals surface area contributed by atoms with E-state index in [-0.39, 0.29) is 5.56 Å². The number of carbonyl (C=O) groups excluding carboxylic acids is 1. The van der Waals surface area contributed by atoms with Crippen molar-refractivity contribution in [2.75, 3.05) is 5.32 Å². The number of rotatable bonds is 2. The number of amides is 1. The molecule has 0 aliphatic heterocycles. The van der Waals surface area contributed by atoms with E-state index in [1.54, 1.807) is 6.07 Å². The topological polar surface area (TPSA) is 29.1 Å². The first-order valence-corrected chi connectivity index (χ1v) is 6.39. The van der Waals surface area contributed by atoms with Gasteiger partial charge in [-0.15, -0.1) is 0 Å². The molecular formula is C17H11F2NO. The van der Waals surface area contributed by atoms with Gasteiger partial charge in [0.1, 0.15) is 11.6 Å². The van der Waals surface area contributed by atoms with E-state index < -0.39 is 17.5 Å². The quantitative estimate of drug-likeness (QED) is 0.743. The Morgan fingerprint density at radius 2 is 1.52 bits per heavy atom. The van der Waals surface area contributed by atoms with Crippen molar-refractivity contribution in [3.8, 4) is 0 Å². The lowest BCUT2D eigenvalue weighted by Gasteiger charge is -2.09. The van der Waals surface area contributed by atoms with E-state index in [9.17, 15) is 13.6 Å². The number of benzene rings is 3. The lowest BCUT2D eigenvalue weighted by atomic mass is 10.1. The molecule has 0 unspecified atom stereocenters. The monoisotopic (exact) mass is 283 g/mol. The second-order valence-corrected chi connectivity index (χ2v) is 4.64. The van der Waals surface area contributed by atoms with E-state index in [0.29, 0.717) is 5.69 Å². The molecule has 0 saturated heterocycles. The molecule has 3 aromatic carbocycles. The number of anilines is 1. The third kappa shape index (κ3) is 2.74. The summed E-state index contributed by atoms with van der Waals surface area (Å²) in [7, 11) is 0. The molecule has 1 N–H and O–H groups in total. The molecule has 0 saturated carbocycles. The molecule has 4 heteroatoms. The van der Waals surface area contributed by atoms with Crippen LogP contribution in [0.15, 0.2) is 60.7 Å². The van der Waals surface area contributed by atoms with Gasteiger partial charge in [-0.05, 0) is 23.6 Å². The van der Waals surface area contributed by atoms with Crippen LogP contribution in [0.5, 0.6) is 0 Å². The predicted molar refractivity (Wildman–Crippen MR) is 78.3 cm³/mol. The molecular weight excluding hydrogens is 272 g/mol. The molecule has 3 aromatic rings. The maximum absolute atomic E-state index is 13.2. The second kappa shape index (κ2) is 5.32. The number of carbonyl (C=O) groups is 1. The molecule has 0 heterocycles. The minimum absolute atomic E-state index is 0.0552. The van der Waals surface area contributed by atoms with E-state index in [4.69, 9.17) is 0 Å². The molecule has 3 rings (SSSR count). The highest BCUT2D eigenvalue weighted by molar-refractivity contribution is 6.09. The maximum atomic E-state index is 13.2. The number of halogens is 2. The fraction of sp³-hybridized carbons (Fsp3) is 0. The largest absolute Gasteiger partial charge is 0.321 e. The highest BCUT2D eigenvalue weighted by atomic mass is 19.1. The van der Waals surface area contributed by atoms with E-state index in [1.165, 1.54) is 0 Å². The van der Waals surface area contributed by atoms with E-state index >= 15 is 0 Å². The molecule has 1 amide bonds. The van der Waals surface area contributed by atoms with E-state index in [1.807, 2.05) is 36.4 Å². The van der Waals surface area contributed by atoms with Crippen molar-refractivity contribution in [1.29, 1.82) is 0 Å². The van der Waals surface area contributed by atoms with Crippen molar-refractivity contribution in [2.24, 2.45) is 0 Å². The fourth-order valence-corrected chi connectivity index (χ4v) is 2.21. The molecule has 0 fully saturated rings. The Bertz CT molecular complexity index is 804. The van der Waals surface area contributed by atoms with Gasteiger partial charge in [-0.2, -0.15) is 0 Å². The van der Waals surface area contributed by atoms with Crippen molar-refractivity contribution in [3.05, 3.63) is 77.9 Å². The van der Waals surface area contributed by atoms with Crippen molar-refractivity contribution < 1.29 is 13.6 Å². The summed E-state index contributed by atoms with van der Waals surface area (Å²) >= 11 is 0. The zero-order valence-corrected chi connectivity index (χ0v) is 10.9. The zero-order chi connectivity index (χ0) is 14.8. The fourth-order valence-electron chi connectivity index (χ4n) is 2.21. The van der Waals surface area contributed by atoms with Crippen LogP contribution in [0.2, 0.25) is 0 Å². The highest BCUT2D eigenvalue weighted by Gasteiger charge is 2.10. The third-order valence-electron chi connectivity index (χ3n) is 3.16. The van der Waals surface area contributed by atoms with Gasteiger partial charge in [0, 0.05) is 22.7 Å². The molecule has 0 bridgehead atoms. The molecule has 0 radical (unpaired) electrons. The first kappa shape index (κ1) is 13.2. The Morgan fingerprint density at radius 1 is 0.857 bits per heavy atom. The molecule has 0 spiro atoms. The molecule has 0 aliphatic rings. The van der Waals surface area contributed by atoms with Gasteiger partial charge < -0.3 is 5.32 Å². The van der Waals surface area contributed by atoms with Gasteiger partial charge in [0.15, 0.2) is 0 Å². The van der Waals surface area contributed by atoms with Gasteiger partial charge >= 0.3 is 0 Å². The van der Waals surface area contributed by atoms with Crippen LogP contribution < -0.4 is 5.32 Å². The van der Waals surface area contributed by atoms with Gasteiger partial charge in [0.05, 0.1) is 0 Å². The van der Waals surface area contributed by atoms with Gasteiger partial charge in [0.25, 0.3) is 5.91 Å². The predicted octanol–water partition coefficient (Wildman–Crippen LogP) is 4.37. The Morgan fingerprint density at radius 3 is 2.29 bits per heavy atom. The van der Waals surface area contributed by atoms with Crippen molar-refractivity contribution in [2.45, 2.75) is 0 Å². The summed E-state index contributed by atoms with van der Waals surface area (Å²) in [5, 5.41) is 4.52. The van der Waals surface area contributed by atoms with Gasteiger partial charge in [-0.3, -0.25) is 4.79 Å². The minimum atomic E-state index is -0.780. The number of hydrogen-bond donors (Lipinski definition) is 1. The molecule has 0 aromatic heterocycles. The van der Waals surface area contributed by atoms with Gasteiger partial charge in [-0.1, -0.05) is 36.4 Å². The molecule has 0 atom stereocenters. The van der Waals surface area contributed by atoms with Crippen LogP contribution in [-0.4, -0.2) is 5.91 Å².